The van der Waals surface area contributed by atoms with Gasteiger partial charge in [0.15, 0.2) is 5.69 Å². The van der Waals surface area contributed by atoms with Crippen LogP contribution in [0.2, 0.25) is 0 Å². The lowest BCUT2D eigenvalue weighted by Crippen LogP contribution is -2.48. The molecule has 8 nitrogen and oxygen atoms in total. The second kappa shape index (κ2) is 9.35. The zero-order chi connectivity index (χ0) is 22.5. The summed E-state index contributed by atoms with van der Waals surface area (Å²) in [5.74, 6) is -2.86. The fraction of sp³-hybridized carbons (Fsp3) is 0.143. The van der Waals surface area contributed by atoms with E-state index < -0.39 is 29.6 Å². The maximum absolute atomic E-state index is 14.6. The van der Waals surface area contributed by atoms with Gasteiger partial charge in [-0.1, -0.05) is 42.5 Å². The van der Waals surface area contributed by atoms with E-state index in [1.54, 1.807) is 0 Å². The van der Waals surface area contributed by atoms with Crippen LogP contribution in [0.15, 0.2) is 54.6 Å². The fourth-order valence-corrected chi connectivity index (χ4v) is 3.67. The van der Waals surface area contributed by atoms with Gasteiger partial charge in [0.1, 0.15) is 16.7 Å². The van der Waals surface area contributed by atoms with Crippen LogP contribution in [-0.4, -0.2) is 28.1 Å². The van der Waals surface area contributed by atoms with Crippen LogP contribution in [0.4, 0.5) is 15.8 Å². The highest BCUT2D eigenvalue weighted by Gasteiger charge is 2.33. The number of para-hydroxylation sites is 1. The molecule has 3 amide bonds. The third-order valence-corrected chi connectivity index (χ3v) is 5.41. The van der Waals surface area contributed by atoms with Crippen LogP contribution in [0.1, 0.15) is 32.6 Å². The molecule has 0 aliphatic rings. The number of nitrogens with two attached hydrogens (primary N) is 2. The molecule has 0 fully saturated rings. The maximum Gasteiger partial charge on any atom is 0.272 e. The number of benzene rings is 2. The van der Waals surface area contributed by atoms with E-state index >= 15 is 0 Å². The van der Waals surface area contributed by atoms with Gasteiger partial charge in [-0.3, -0.25) is 19.3 Å². The van der Waals surface area contributed by atoms with Crippen LogP contribution >= 0.6 is 11.5 Å². The smallest absolute Gasteiger partial charge is 0.272 e. The molecule has 3 rings (SSSR count). The highest BCUT2D eigenvalue weighted by Crippen LogP contribution is 2.29. The number of nitrogens with one attached hydrogen (secondary N) is 1. The third kappa shape index (κ3) is 4.69. The standard InChI is InChI=1S/C21H20FN5O3S/c1-12(20(29)25-11-13-7-3-2-4-8-13)27(15-10-6-5-9-14(15)22)21(30)18-16(23)17(19(24)28)26-31-18/h2-10,12H,11,23H2,1H3,(H2,24,28)(H,25,29). The minimum Gasteiger partial charge on any atom is -0.395 e. The molecule has 0 saturated carbocycles. The van der Waals surface area contributed by atoms with Crippen molar-refractivity contribution in [2.24, 2.45) is 5.73 Å². The van der Waals surface area contributed by atoms with E-state index in [1.165, 1.54) is 31.2 Å². The number of rotatable bonds is 7. The van der Waals surface area contributed by atoms with Crippen LogP contribution in [0.3, 0.4) is 0 Å². The van der Waals surface area contributed by atoms with E-state index in [1.807, 2.05) is 30.3 Å². The van der Waals surface area contributed by atoms with Crippen LogP contribution < -0.4 is 21.7 Å². The lowest BCUT2D eigenvalue weighted by atomic mass is 10.1. The van der Waals surface area contributed by atoms with Crippen molar-refractivity contribution in [1.29, 1.82) is 0 Å². The third-order valence-electron chi connectivity index (χ3n) is 4.56. The molecule has 31 heavy (non-hydrogen) atoms. The van der Waals surface area contributed by atoms with Gasteiger partial charge in [-0.05, 0) is 36.2 Å². The first-order valence-electron chi connectivity index (χ1n) is 9.26. The molecule has 1 aromatic heterocycles. The fourth-order valence-electron chi connectivity index (χ4n) is 2.93. The number of amides is 3. The Bertz CT molecular complexity index is 1120. The van der Waals surface area contributed by atoms with Crippen molar-refractivity contribution in [1.82, 2.24) is 9.69 Å². The molecule has 160 valence electrons. The van der Waals surface area contributed by atoms with Crippen molar-refractivity contribution < 1.29 is 18.8 Å². The van der Waals surface area contributed by atoms with E-state index in [9.17, 15) is 18.8 Å². The van der Waals surface area contributed by atoms with Crippen molar-refractivity contribution in [2.75, 3.05) is 10.6 Å². The van der Waals surface area contributed by atoms with E-state index in [4.69, 9.17) is 11.5 Å². The predicted octanol–water partition coefficient (Wildman–Crippen LogP) is 2.31. The number of nitrogens with zero attached hydrogens (tertiary/aromatic N) is 2. The lowest BCUT2D eigenvalue weighted by molar-refractivity contribution is -0.122. The number of halogens is 1. The van der Waals surface area contributed by atoms with Gasteiger partial charge in [-0.25, -0.2) is 4.39 Å². The Morgan fingerprint density at radius 3 is 2.39 bits per heavy atom. The number of aromatic nitrogens is 1. The Hall–Kier alpha value is -3.79. The highest BCUT2D eigenvalue weighted by molar-refractivity contribution is 7.09. The number of carbonyl (C=O) groups excluding carboxylic acids is 3. The molecule has 5 N–H and O–H groups in total. The number of anilines is 2. The minimum atomic E-state index is -1.09. The summed E-state index contributed by atoms with van der Waals surface area (Å²) < 4.78 is 18.4. The average molecular weight is 441 g/mol. The molecule has 3 aromatic rings. The number of carbonyl (C=O) groups is 3. The second-order valence-corrected chi connectivity index (χ2v) is 7.42. The Labute approximate surface area is 181 Å². The molecular weight excluding hydrogens is 421 g/mol. The van der Waals surface area contributed by atoms with Crippen molar-refractivity contribution in [2.45, 2.75) is 19.5 Å². The Balaban J connectivity index is 1.93. The summed E-state index contributed by atoms with van der Waals surface area (Å²) >= 11 is 0.660. The number of primary amides is 1. The van der Waals surface area contributed by atoms with E-state index in [0.29, 0.717) is 11.5 Å². The first-order valence-corrected chi connectivity index (χ1v) is 10.0. The van der Waals surface area contributed by atoms with Crippen molar-refractivity contribution in [3.63, 3.8) is 0 Å². The van der Waals surface area contributed by atoms with Crippen molar-refractivity contribution >= 4 is 40.6 Å². The SMILES string of the molecule is CC(C(=O)NCc1ccccc1)N(C(=O)c1snc(C(N)=O)c1N)c1ccccc1F. The molecule has 0 saturated heterocycles. The number of hydrogen-bond acceptors (Lipinski definition) is 6. The molecule has 0 aliphatic carbocycles. The van der Waals surface area contributed by atoms with Gasteiger partial charge in [0.2, 0.25) is 5.91 Å². The van der Waals surface area contributed by atoms with Crippen LogP contribution in [0, 0.1) is 5.82 Å². The zero-order valence-corrected chi connectivity index (χ0v) is 17.4. The van der Waals surface area contributed by atoms with Crippen LogP contribution in [0.25, 0.3) is 0 Å². The molecule has 10 heteroatoms. The summed E-state index contributed by atoms with van der Waals surface area (Å²) in [5.41, 5.74) is 11.4. The average Bonchev–Trinajstić information content (AvgIpc) is 3.15. The van der Waals surface area contributed by atoms with Gasteiger partial charge < -0.3 is 16.8 Å². The number of hydrogen-bond donors (Lipinski definition) is 3. The quantitative estimate of drug-likeness (QED) is 0.518. The highest BCUT2D eigenvalue weighted by atomic mass is 32.1. The van der Waals surface area contributed by atoms with Gasteiger partial charge >= 0.3 is 0 Å². The minimum absolute atomic E-state index is 0.108. The lowest BCUT2D eigenvalue weighted by Gasteiger charge is -2.28. The summed E-state index contributed by atoms with van der Waals surface area (Å²) in [6.07, 6.45) is 0. The Morgan fingerprint density at radius 2 is 1.77 bits per heavy atom. The molecule has 0 bridgehead atoms. The van der Waals surface area contributed by atoms with Crippen LogP contribution in [-0.2, 0) is 11.3 Å². The molecule has 0 spiro atoms. The molecule has 2 aromatic carbocycles. The summed E-state index contributed by atoms with van der Waals surface area (Å²) in [6, 6.07) is 13.7. The molecule has 1 unspecified atom stereocenters. The van der Waals surface area contributed by atoms with E-state index in [0.717, 1.165) is 10.5 Å². The first-order chi connectivity index (χ1) is 14.8. The summed E-state index contributed by atoms with van der Waals surface area (Å²) in [7, 11) is 0. The van der Waals surface area contributed by atoms with Gasteiger partial charge in [-0.15, -0.1) is 0 Å². The van der Waals surface area contributed by atoms with Gasteiger partial charge in [0.25, 0.3) is 11.8 Å². The number of nitrogen functional groups attached to an aromatic ring is 1. The largest absolute Gasteiger partial charge is 0.395 e. The zero-order valence-electron chi connectivity index (χ0n) is 16.5. The van der Waals surface area contributed by atoms with Gasteiger partial charge in [-0.2, -0.15) is 4.37 Å². The molecule has 0 radical (unpaired) electrons. The van der Waals surface area contributed by atoms with Crippen molar-refractivity contribution in [3.8, 4) is 0 Å². The molecule has 1 heterocycles. The summed E-state index contributed by atoms with van der Waals surface area (Å²) in [4.78, 5) is 38.5. The summed E-state index contributed by atoms with van der Waals surface area (Å²) in [5, 5.41) is 2.74. The van der Waals surface area contributed by atoms with Gasteiger partial charge in [0, 0.05) is 6.54 Å². The monoisotopic (exact) mass is 441 g/mol. The van der Waals surface area contributed by atoms with Crippen LogP contribution in [0.5, 0.6) is 0 Å². The predicted molar refractivity (Wildman–Crippen MR) is 116 cm³/mol. The van der Waals surface area contributed by atoms with E-state index in [2.05, 4.69) is 9.69 Å². The van der Waals surface area contributed by atoms with Gasteiger partial charge in [0.05, 0.1) is 11.4 Å². The summed E-state index contributed by atoms with van der Waals surface area (Å²) in [6.45, 7) is 1.70. The molecular formula is C21H20FN5O3S. The van der Waals surface area contributed by atoms with Crippen molar-refractivity contribution in [3.05, 3.63) is 76.5 Å². The topological polar surface area (TPSA) is 131 Å². The molecule has 0 aliphatic heterocycles. The Kier molecular flexibility index (Phi) is 6.61. The maximum atomic E-state index is 14.6. The second-order valence-electron chi connectivity index (χ2n) is 6.64. The first kappa shape index (κ1) is 21.9. The van der Waals surface area contributed by atoms with E-state index in [-0.39, 0.29) is 28.5 Å². The normalized spacial score (nSPS) is 11.5. The Morgan fingerprint density at radius 1 is 1.13 bits per heavy atom. The molecule has 1 atom stereocenters.